The second-order valence-electron chi connectivity index (χ2n) is 6.39. The third-order valence-corrected chi connectivity index (χ3v) is 4.30. The van der Waals surface area contributed by atoms with Crippen LogP contribution in [-0.4, -0.2) is 55.8 Å². The van der Waals surface area contributed by atoms with Crippen LogP contribution in [0.25, 0.3) is 0 Å². The van der Waals surface area contributed by atoms with E-state index in [9.17, 15) is 13.6 Å². The quantitative estimate of drug-likeness (QED) is 0.350. The fourth-order valence-electron chi connectivity index (χ4n) is 2.99. The molecule has 0 unspecified atom stereocenters. The lowest BCUT2D eigenvalue weighted by Gasteiger charge is -2.32. The Morgan fingerprint density at radius 3 is 2.43 bits per heavy atom. The van der Waals surface area contributed by atoms with Crippen molar-refractivity contribution in [3.05, 3.63) is 35.4 Å². The molecule has 1 fully saturated rings. The van der Waals surface area contributed by atoms with Gasteiger partial charge in [-0.3, -0.25) is 4.99 Å². The van der Waals surface area contributed by atoms with E-state index in [1.807, 2.05) is 6.92 Å². The molecule has 0 aromatic heterocycles. The highest BCUT2D eigenvalue weighted by molar-refractivity contribution is 14.0. The lowest BCUT2D eigenvalue weighted by Crippen LogP contribution is -2.50. The molecule has 1 amide bonds. The van der Waals surface area contributed by atoms with Crippen molar-refractivity contribution in [2.75, 3.05) is 32.8 Å². The summed E-state index contributed by atoms with van der Waals surface area (Å²) in [5.74, 6) is -0.483. The number of amides is 1. The van der Waals surface area contributed by atoms with Crippen molar-refractivity contribution < 1.29 is 18.3 Å². The molecule has 0 aliphatic carbocycles. The number of ether oxygens (including phenoxy) is 1. The van der Waals surface area contributed by atoms with Crippen LogP contribution < -0.4 is 10.6 Å². The Balaban J connectivity index is 0.00000392. The van der Waals surface area contributed by atoms with E-state index < -0.39 is 11.6 Å². The number of nitrogens with one attached hydrogen (secondary N) is 2. The van der Waals surface area contributed by atoms with Crippen LogP contribution in [0.4, 0.5) is 13.6 Å². The number of guanidine groups is 1. The maximum absolute atomic E-state index is 13.2. The molecule has 158 valence electrons. The third-order valence-electron chi connectivity index (χ3n) is 4.30. The topological polar surface area (TPSA) is 66.0 Å². The van der Waals surface area contributed by atoms with Gasteiger partial charge >= 0.3 is 6.09 Å². The van der Waals surface area contributed by atoms with E-state index in [2.05, 4.69) is 15.6 Å². The number of hydrogen-bond donors (Lipinski definition) is 2. The molecule has 0 saturated carbocycles. The van der Waals surface area contributed by atoms with Crippen LogP contribution in [0.15, 0.2) is 23.2 Å². The van der Waals surface area contributed by atoms with E-state index in [0.717, 1.165) is 18.9 Å². The van der Waals surface area contributed by atoms with Crippen molar-refractivity contribution >= 4 is 36.0 Å². The van der Waals surface area contributed by atoms with E-state index in [1.165, 1.54) is 12.1 Å². The van der Waals surface area contributed by atoms with E-state index in [1.54, 1.807) is 11.8 Å². The first kappa shape index (κ1) is 24.4. The summed E-state index contributed by atoms with van der Waals surface area (Å²) in [7, 11) is 0. The highest BCUT2D eigenvalue weighted by Crippen LogP contribution is 2.12. The van der Waals surface area contributed by atoms with Gasteiger partial charge in [0.05, 0.1) is 6.61 Å². The highest BCUT2D eigenvalue weighted by Gasteiger charge is 2.23. The van der Waals surface area contributed by atoms with Crippen LogP contribution in [-0.2, 0) is 11.2 Å². The van der Waals surface area contributed by atoms with Crippen LogP contribution in [0.5, 0.6) is 0 Å². The predicted molar refractivity (Wildman–Crippen MR) is 116 cm³/mol. The number of hydrogen-bond acceptors (Lipinski definition) is 3. The number of carbonyl (C=O) groups excluding carboxylic acids is 1. The fourth-order valence-corrected chi connectivity index (χ4v) is 2.99. The fraction of sp³-hybridized carbons (Fsp3) is 0.579. The van der Waals surface area contributed by atoms with Gasteiger partial charge in [-0.05, 0) is 50.8 Å². The normalized spacial score (nSPS) is 15.0. The maximum Gasteiger partial charge on any atom is 0.409 e. The van der Waals surface area contributed by atoms with E-state index >= 15 is 0 Å². The van der Waals surface area contributed by atoms with Gasteiger partial charge in [-0.25, -0.2) is 13.6 Å². The van der Waals surface area contributed by atoms with Crippen LogP contribution in [0, 0.1) is 11.6 Å². The predicted octanol–water partition coefficient (Wildman–Crippen LogP) is 3.30. The standard InChI is InChI=1S/C19H28F2N4O2.HI/c1-3-22-18(23-8-5-14-11-15(20)13-16(21)12-14)24-17-6-9-25(10-7-17)19(26)27-4-2;/h11-13,17H,3-10H2,1-2H3,(H2,22,23,24);1H. The molecule has 1 aliphatic heterocycles. The summed E-state index contributed by atoms with van der Waals surface area (Å²) >= 11 is 0. The molecule has 0 spiro atoms. The minimum atomic E-state index is -0.577. The number of likely N-dealkylation sites (tertiary alicyclic amines) is 1. The molecular weight excluding hydrogens is 481 g/mol. The minimum absolute atomic E-state index is 0. The zero-order valence-electron chi connectivity index (χ0n) is 16.3. The van der Waals surface area contributed by atoms with Gasteiger partial charge in [0.2, 0.25) is 0 Å². The van der Waals surface area contributed by atoms with E-state index in [-0.39, 0.29) is 36.1 Å². The van der Waals surface area contributed by atoms with Crippen molar-refractivity contribution in [1.29, 1.82) is 0 Å². The molecule has 1 heterocycles. The molecule has 28 heavy (non-hydrogen) atoms. The maximum atomic E-state index is 13.2. The monoisotopic (exact) mass is 510 g/mol. The summed E-state index contributed by atoms with van der Waals surface area (Å²) in [6.45, 7) is 6.55. The van der Waals surface area contributed by atoms with E-state index in [4.69, 9.17) is 4.74 Å². The van der Waals surface area contributed by atoms with Gasteiger partial charge in [-0.15, -0.1) is 24.0 Å². The lowest BCUT2D eigenvalue weighted by atomic mass is 10.1. The molecule has 1 aliphatic rings. The average Bonchev–Trinajstić information content (AvgIpc) is 2.62. The number of carbonyl (C=O) groups is 1. The van der Waals surface area contributed by atoms with Crippen LogP contribution in [0.1, 0.15) is 32.3 Å². The molecule has 2 N–H and O–H groups in total. The Kier molecular flexibility index (Phi) is 11.1. The largest absolute Gasteiger partial charge is 0.450 e. The minimum Gasteiger partial charge on any atom is -0.450 e. The van der Waals surface area contributed by atoms with Crippen molar-refractivity contribution in [2.24, 2.45) is 4.99 Å². The van der Waals surface area contributed by atoms with Crippen molar-refractivity contribution in [3.8, 4) is 0 Å². The Labute approximate surface area is 182 Å². The van der Waals surface area contributed by atoms with Crippen molar-refractivity contribution in [2.45, 2.75) is 39.2 Å². The summed E-state index contributed by atoms with van der Waals surface area (Å²) in [6, 6.07) is 3.72. The van der Waals surface area contributed by atoms with Crippen molar-refractivity contribution in [3.63, 3.8) is 0 Å². The van der Waals surface area contributed by atoms with Gasteiger partial charge in [0, 0.05) is 38.3 Å². The van der Waals surface area contributed by atoms with Gasteiger partial charge in [0.15, 0.2) is 5.96 Å². The molecule has 6 nitrogen and oxygen atoms in total. The van der Waals surface area contributed by atoms with Gasteiger partial charge in [-0.2, -0.15) is 0 Å². The van der Waals surface area contributed by atoms with Crippen LogP contribution in [0.3, 0.4) is 0 Å². The van der Waals surface area contributed by atoms with Crippen molar-refractivity contribution in [1.82, 2.24) is 15.5 Å². The highest BCUT2D eigenvalue weighted by atomic mass is 127. The molecular formula is C19H29F2IN4O2. The second-order valence-corrected chi connectivity index (χ2v) is 6.39. The summed E-state index contributed by atoms with van der Waals surface area (Å²) in [6.07, 6.45) is 1.79. The van der Waals surface area contributed by atoms with Gasteiger partial charge in [0.25, 0.3) is 0 Å². The summed E-state index contributed by atoms with van der Waals surface area (Å²) in [5.41, 5.74) is 0.579. The lowest BCUT2D eigenvalue weighted by molar-refractivity contribution is 0.0963. The first-order valence-electron chi connectivity index (χ1n) is 9.43. The Hall–Kier alpha value is -1.65. The SMILES string of the molecule is CCNC(=NCCc1cc(F)cc(F)c1)NC1CCN(C(=O)OCC)CC1.I. The van der Waals surface area contributed by atoms with Gasteiger partial charge in [0.1, 0.15) is 11.6 Å². The average molecular weight is 510 g/mol. The smallest absolute Gasteiger partial charge is 0.409 e. The molecule has 1 aromatic rings. The number of aliphatic imine (C=N–C) groups is 1. The van der Waals surface area contributed by atoms with E-state index in [0.29, 0.717) is 50.7 Å². The molecule has 0 radical (unpaired) electrons. The number of nitrogens with zero attached hydrogens (tertiary/aromatic N) is 2. The molecule has 1 saturated heterocycles. The Bertz CT molecular complexity index is 633. The number of halogens is 3. The third kappa shape index (κ3) is 8.15. The summed E-state index contributed by atoms with van der Waals surface area (Å²) < 4.78 is 31.5. The van der Waals surface area contributed by atoms with Crippen LogP contribution >= 0.6 is 24.0 Å². The van der Waals surface area contributed by atoms with Gasteiger partial charge in [-0.1, -0.05) is 0 Å². The first-order valence-corrected chi connectivity index (χ1v) is 9.43. The molecule has 0 bridgehead atoms. The molecule has 2 rings (SSSR count). The molecule has 0 atom stereocenters. The van der Waals surface area contributed by atoms with Gasteiger partial charge < -0.3 is 20.3 Å². The van der Waals surface area contributed by atoms with Crippen LogP contribution in [0.2, 0.25) is 0 Å². The summed E-state index contributed by atoms with van der Waals surface area (Å²) in [5, 5.41) is 6.55. The Morgan fingerprint density at radius 2 is 1.86 bits per heavy atom. The molecule has 1 aromatic carbocycles. The first-order chi connectivity index (χ1) is 13.0. The Morgan fingerprint density at radius 1 is 1.21 bits per heavy atom. The molecule has 9 heteroatoms. The number of piperidine rings is 1. The number of rotatable bonds is 6. The summed E-state index contributed by atoms with van der Waals surface area (Å²) in [4.78, 5) is 17.9. The number of benzene rings is 1. The second kappa shape index (κ2) is 12.7. The zero-order chi connectivity index (χ0) is 19.6. The zero-order valence-corrected chi connectivity index (χ0v) is 18.7.